The fourth-order valence-corrected chi connectivity index (χ4v) is 2.63. The van der Waals surface area contributed by atoms with Gasteiger partial charge in [-0.3, -0.25) is 0 Å². The van der Waals surface area contributed by atoms with Crippen LogP contribution in [-0.2, 0) is 0 Å². The zero-order valence-corrected chi connectivity index (χ0v) is 19.3. The number of halogens is 4. The summed E-state index contributed by atoms with van der Waals surface area (Å²) in [5.41, 5.74) is 2.18. The molecule has 8 heteroatoms. The van der Waals surface area contributed by atoms with Gasteiger partial charge in [0.25, 0.3) is 0 Å². The number of hydrogen-bond acceptors (Lipinski definition) is 2. The Labute approximate surface area is 157 Å². The van der Waals surface area contributed by atoms with E-state index in [2.05, 4.69) is 115 Å². The van der Waals surface area contributed by atoms with E-state index in [1.165, 1.54) is 0 Å². The molecule has 0 aromatic rings. The van der Waals surface area contributed by atoms with Crippen molar-refractivity contribution in [1.82, 2.24) is 0 Å². The van der Waals surface area contributed by atoms with Crippen molar-refractivity contribution in [3.05, 3.63) is 0 Å². The van der Waals surface area contributed by atoms with Crippen molar-refractivity contribution < 1.29 is 0 Å². The molecule has 114 valence electrons. The maximum absolute atomic E-state index is 4.56. The molecule has 0 unspecified atom stereocenters. The van der Waals surface area contributed by atoms with Crippen LogP contribution < -0.4 is 0 Å². The van der Waals surface area contributed by atoms with Crippen LogP contribution in [0.15, 0.2) is 10.2 Å². The lowest BCUT2D eigenvalue weighted by molar-refractivity contribution is 0.577. The third-order valence-corrected chi connectivity index (χ3v) is 4.01. The van der Waals surface area contributed by atoms with Gasteiger partial charge in [-0.25, -0.2) is 0 Å². The Balaban J connectivity index is 5.42. The fraction of sp³-hybridized carbons (Fsp3) is 0.833. The topological polar surface area (TPSA) is 24.7 Å². The van der Waals surface area contributed by atoms with E-state index in [-0.39, 0.29) is 19.6 Å². The van der Waals surface area contributed by atoms with Crippen LogP contribution in [0.4, 0.5) is 0 Å². The normalized spacial score (nSPS) is 14.5. The van der Waals surface area contributed by atoms with Crippen LogP contribution in [0.2, 0.25) is 12.6 Å². The van der Waals surface area contributed by atoms with Crippen molar-refractivity contribution in [2.75, 3.05) is 0 Å². The lowest BCUT2D eigenvalue weighted by atomic mass is 9.81. The third-order valence-electron chi connectivity index (χ3n) is 2.72. The molecule has 0 fully saturated rings. The summed E-state index contributed by atoms with van der Waals surface area (Å²) < 4.78 is 0.447. The summed E-state index contributed by atoms with van der Waals surface area (Å²) in [6, 6.07) is 0. The average Bonchev–Trinajstić information content (AvgIpc) is 2.17. The highest BCUT2D eigenvalue weighted by molar-refractivity contribution is 9.49. The summed E-state index contributed by atoms with van der Waals surface area (Å²) in [4.78, 5) is 0. The van der Waals surface area contributed by atoms with Gasteiger partial charge in [-0.1, -0.05) is 41.5 Å². The summed E-state index contributed by atoms with van der Waals surface area (Å²) in [7, 11) is 0. The van der Waals surface area contributed by atoms with Crippen LogP contribution in [0.5, 0.6) is 0 Å². The maximum atomic E-state index is 4.56. The molecule has 0 spiro atoms. The minimum Gasteiger partial charge on any atom is -0.160 e. The van der Waals surface area contributed by atoms with E-state index in [0.29, 0.717) is 0 Å². The Morgan fingerprint density at radius 1 is 0.700 bits per heavy atom. The molecular weight excluding hydrogens is 513 g/mol. The second-order valence-electron chi connectivity index (χ2n) is 6.78. The molecule has 0 aromatic carbocycles. The van der Waals surface area contributed by atoms with E-state index in [1.807, 2.05) is 0 Å². The summed E-state index contributed by atoms with van der Waals surface area (Å²) >= 11 is 14.1. The fourth-order valence-electron chi connectivity index (χ4n) is 1.41. The van der Waals surface area contributed by atoms with Crippen LogP contribution in [0.25, 0.3) is 0 Å². The van der Waals surface area contributed by atoms with Crippen molar-refractivity contribution in [1.29, 1.82) is 0 Å². The van der Waals surface area contributed by atoms with Gasteiger partial charge in [-0.15, -0.1) is 63.0 Å². The van der Waals surface area contributed by atoms with Gasteiger partial charge in [0.15, 0.2) is 0 Å². The van der Waals surface area contributed by atoms with Gasteiger partial charge in [-0.2, -0.15) is 10.2 Å². The predicted molar refractivity (Wildman–Crippen MR) is 111 cm³/mol. The maximum Gasteiger partial charge on any atom is 0.304 e. The van der Waals surface area contributed by atoms with Gasteiger partial charge in [0.05, 0.1) is 0 Å². The lowest BCUT2D eigenvalue weighted by Crippen LogP contribution is -2.25. The first kappa shape index (κ1) is 21.4. The van der Waals surface area contributed by atoms with Crippen molar-refractivity contribution in [3.8, 4) is 0 Å². The molecule has 20 heavy (non-hydrogen) atoms. The second-order valence-corrected chi connectivity index (χ2v) is 13.7. The van der Waals surface area contributed by atoms with Gasteiger partial charge >= 0.3 is 8.72 Å². The van der Waals surface area contributed by atoms with Crippen molar-refractivity contribution in [2.24, 2.45) is 21.0 Å². The zero-order valence-electron chi connectivity index (χ0n) is 13.0. The Hall–Kier alpha value is 1.39. The first-order valence-corrected chi connectivity index (χ1v) is 10.2. The van der Waals surface area contributed by atoms with Crippen molar-refractivity contribution in [3.63, 3.8) is 0 Å². The quantitative estimate of drug-likeness (QED) is 0.220. The van der Waals surface area contributed by atoms with Crippen LogP contribution in [0.3, 0.4) is 0 Å². The molecule has 0 saturated carbocycles. The van der Waals surface area contributed by atoms with E-state index in [9.17, 15) is 0 Å². The molecule has 0 aliphatic heterocycles. The number of nitrogens with zero attached hydrogens (tertiary/aromatic N) is 2. The lowest BCUT2D eigenvalue weighted by Gasteiger charge is -2.23. The third kappa shape index (κ3) is 9.42. The molecule has 0 radical (unpaired) electrons. The molecule has 0 N–H and O–H groups in total. The first-order valence-electron chi connectivity index (χ1n) is 6.54. The Morgan fingerprint density at radius 2 is 0.950 bits per heavy atom. The summed E-state index contributed by atoms with van der Waals surface area (Å²) in [6.45, 7) is 13.0. The van der Waals surface area contributed by atoms with E-state index < -0.39 is 0 Å². The van der Waals surface area contributed by atoms with Crippen LogP contribution in [0.1, 0.15) is 41.5 Å². The van der Waals surface area contributed by atoms with Crippen LogP contribution in [0, 0.1) is 10.8 Å². The Bertz CT molecular complexity index is 333. The largest absolute Gasteiger partial charge is 0.304 e. The minimum absolute atomic E-state index is 0.00842. The second kappa shape index (κ2) is 8.88. The standard InChI is InChI=1S/C12H22B2Br4N2/c1-11(2,3)9(7-13(15)16)19-20-10(8-14(17)18)12(4,5)6/h7-8H2,1-6H3/b19-9-,20-10-. The molecule has 2 nitrogen and oxygen atoms in total. The molecule has 0 saturated heterocycles. The van der Waals surface area contributed by atoms with Gasteiger partial charge in [-0.05, 0) is 12.6 Å². The van der Waals surface area contributed by atoms with Crippen LogP contribution >= 0.6 is 63.0 Å². The van der Waals surface area contributed by atoms with Gasteiger partial charge in [0.2, 0.25) is 0 Å². The predicted octanol–water partition coefficient (Wildman–Crippen LogP) is 6.43. The first-order chi connectivity index (χ1) is 8.84. The molecule has 0 rings (SSSR count). The smallest absolute Gasteiger partial charge is 0.160 e. The average molecular weight is 536 g/mol. The zero-order chi connectivity index (χ0) is 16.1. The summed E-state index contributed by atoms with van der Waals surface area (Å²) in [5.74, 6) is 0. The van der Waals surface area contributed by atoms with E-state index in [4.69, 9.17) is 0 Å². The molecule has 0 aliphatic carbocycles. The van der Waals surface area contributed by atoms with E-state index >= 15 is 0 Å². The molecule has 0 aromatic heterocycles. The molecule has 0 atom stereocenters. The minimum atomic E-state index is 0.00842. The molecular formula is C12H22B2Br4N2. The van der Waals surface area contributed by atoms with E-state index in [1.54, 1.807) is 0 Å². The summed E-state index contributed by atoms with van der Waals surface area (Å²) in [6.07, 6.45) is 1.66. The van der Waals surface area contributed by atoms with Crippen molar-refractivity contribution in [2.45, 2.75) is 54.2 Å². The highest BCUT2D eigenvalue weighted by atomic mass is 79.9. The SMILES string of the molecule is CC(C)(C)/C(CB(Br)Br)=N\N=C(\CB(Br)Br)C(C)(C)C. The van der Waals surface area contributed by atoms with Crippen molar-refractivity contribution >= 4 is 83.2 Å². The number of rotatable bonds is 5. The molecule has 0 aliphatic rings. The van der Waals surface area contributed by atoms with Gasteiger partial charge < -0.3 is 0 Å². The summed E-state index contributed by atoms with van der Waals surface area (Å²) in [5, 5.41) is 9.12. The van der Waals surface area contributed by atoms with Crippen LogP contribution in [-0.4, -0.2) is 20.1 Å². The Morgan fingerprint density at radius 3 is 1.10 bits per heavy atom. The molecule has 0 amide bonds. The molecule has 0 heterocycles. The highest BCUT2D eigenvalue weighted by Crippen LogP contribution is 2.26. The van der Waals surface area contributed by atoms with Gasteiger partial charge in [0.1, 0.15) is 0 Å². The van der Waals surface area contributed by atoms with Gasteiger partial charge in [0, 0.05) is 22.3 Å². The monoisotopic (exact) mass is 532 g/mol. The molecule has 0 bridgehead atoms. The highest BCUT2D eigenvalue weighted by Gasteiger charge is 2.25. The number of hydrogen-bond donors (Lipinski definition) is 0. The Kier molecular flexibility index (Phi) is 9.49. The van der Waals surface area contributed by atoms with E-state index in [0.717, 1.165) is 24.1 Å².